The Balaban J connectivity index is 1.35. The molecule has 35 heavy (non-hydrogen) atoms. The van der Waals surface area contributed by atoms with Crippen molar-refractivity contribution in [1.29, 1.82) is 0 Å². The Morgan fingerprint density at radius 2 is 1.74 bits per heavy atom. The van der Waals surface area contributed by atoms with Crippen molar-refractivity contribution in [3.63, 3.8) is 0 Å². The molecule has 2 heterocycles. The monoisotopic (exact) mass is 495 g/mol. The molecule has 2 aliphatic rings. The van der Waals surface area contributed by atoms with E-state index in [1.54, 1.807) is 33.7 Å². The minimum Gasteiger partial charge on any atom is -0.477 e. The average molecular weight is 496 g/mol. The molecule has 1 aliphatic heterocycles. The number of benzene rings is 2. The lowest BCUT2D eigenvalue weighted by Crippen LogP contribution is -2.48. The van der Waals surface area contributed by atoms with Gasteiger partial charge in [0.15, 0.2) is 0 Å². The van der Waals surface area contributed by atoms with Crippen LogP contribution in [0.3, 0.4) is 0 Å². The average Bonchev–Trinajstić information content (AvgIpc) is 3.69. The fraction of sp³-hybridized carbons (Fsp3) is 0.269. The molecule has 0 atom stereocenters. The molecule has 1 N–H and O–H groups in total. The maximum Gasteiger partial charge on any atom is 0.341 e. The third-order valence-corrected chi connectivity index (χ3v) is 6.74. The topological polar surface area (TPSA) is 82.8 Å². The summed E-state index contributed by atoms with van der Waals surface area (Å²) in [5, 5.41) is 10.1. The van der Waals surface area contributed by atoms with E-state index in [0.29, 0.717) is 42.4 Å². The van der Waals surface area contributed by atoms with Crippen molar-refractivity contribution in [2.45, 2.75) is 18.9 Å². The largest absolute Gasteiger partial charge is 0.477 e. The van der Waals surface area contributed by atoms with Gasteiger partial charge in [0.1, 0.15) is 11.4 Å². The molecule has 5 rings (SSSR count). The summed E-state index contributed by atoms with van der Waals surface area (Å²) >= 11 is 5.89. The van der Waals surface area contributed by atoms with Crippen LogP contribution in [-0.2, 0) is 4.79 Å². The molecular formula is C26H23ClFN3O4. The minimum absolute atomic E-state index is 0.0687. The number of carbonyl (C=O) groups excluding carboxylic acids is 1. The van der Waals surface area contributed by atoms with Crippen LogP contribution in [0, 0.1) is 5.82 Å². The maximum atomic E-state index is 15.1. The zero-order chi connectivity index (χ0) is 24.7. The highest BCUT2D eigenvalue weighted by Gasteiger charge is 2.28. The molecule has 3 aromatic rings. The van der Waals surface area contributed by atoms with E-state index in [2.05, 4.69) is 0 Å². The first-order valence-electron chi connectivity index (χ1n) is 11.4. The van der Waals surface area contributed by atoms with Crippen LogP contribution in [0.2, 0.25) is 5.02 Å². The molecule has 0 bridgehead atoms. The molecular weight excluding hydrogens is 473 g/mol. The van der Waals surface area contributed by atoms with Gasteiger partial charge in [0.2, 0.25) is 11.3 Å². The van der Waals surface area contributed by atoms with E-state index in [0.717, 1.165) is 24.5 Å². The smallest absolute Gasteiger partial charge is 0.341 e. The van der Waals surface area contributed by atoms with Gasteiger partial charge in [-0.3, -0.25) is 9.59 Å². The van der Waals surface area contributed by atoms with Gasteiger partial charge in [-0.25, -0.2) is 9.18 Å². The number of pyridine rings is 1. The van der Waals surface area contributed by atoms with Gasteiger partial charge in [0.05, 0.1) is 11.2 Å². The SMILES string of the molecule is O=C(O)c1cn(C2CC2)c2cc(N3CCN(C(=O)/C=C/c4ccc(Cl)cc4)CC3)c(F)cc2c1=O. The molecule has 0 unspecified atom stereocenters. The molecule has 0 radical (unpaired) electrons. The number of fused-ring (bicyclic) bond motifs is 1. The lowest BCUT2D eigenvalue weighted by molar-refractivity contribution is -0.126. The number of carbonyl (C=O) groups is 2. The number of anilines is 1. The summed E-state index contributed by atoms with van der Waals surface area (Å²) in [6.45, 7) is 1.72. The van der Waals surface area contributed by atoms with Crippen LogP contribution in [0.15, 0.2) is 53.5 Å². The van der Waals surface area contributed by atoms with Crippen molar-refractivity contribution in [3.8, 4) is 0 Å². The van der Waals surface area contributed by atoms with Crippen LogP contribution in [0.25, 0.3) is 17.0 Å². The van der Waals surface area contributed by atoms with E-state index in [1.165, 1.54) is 12.3 Å². The number of amides is 1. The van der Waals surface area contributed by atoms with Gasteiger partial charge >= 0.3 is 5.97 Å². The van der Waals surface area contributed by atoms with Crippen molar-refractivity contribution in [1.82, 2.24) is 9.47 Å². The van der Waals surface area contributed by atoms with Crippen molar-refractivity contribution in [2.75, 3.05) is 31.1 Å². The number of aromatic nitrogens is 1. The second kappa shape index (κ2) is 9.19. The molecule has 2 aromatic carbocycles. The van der Waals surface area contributed by atoms with Crippen molar-refractivity contribution >= 4 is 46.1 Å². The second-order valence-electron chi connectivity index (χ2n) is 8.83. The Bertz CT molecular complexity index is 1400. The van der Waals surface area contributed by atoms with Crippen LogP contribution >= 0.6 is 11.6 Å². The molecule has 0 spiro atoms. The number of nitrogens with zero attached hydrogens (tertiary/aromatic N) is 3. The van der Waals surface area contributed by atoms with Crippen LogP contribution < -0.4 is 10.3 Å². The predicted octanol–water partition coefficient (Wildman–Crippen LogP) is 4.19. The van der Waals surface area contributed by atoms with Crippen molar-refractivity contribution < 1.29 is 19.1 Å². The first kappa shape index (κ1) is 23.1. The number of aromatic carboxylic acids is 1. The number of hydrogen-bond acceptors (Lipinski definition) is 4. The molecule has 2 fully saturated rings. The van der Waals surface area contributed by atoms with Gasteiger partial charge in [-0.05, 0) is 48.7 Å². The number of hydrogen-bond donors (Lipinski definition) is 1. The molecule has 1 aromatic heterocycles. The lowest BCUT2D eigenvalue weighted by atomic mass is 10.1. The van der Waals surface area contributed by atoms with E-state index < -0.39 is 17.2 Å². The fourth-order valence-electron chi connectivity index (χ4n) is 4.42. The number of rotatable bonds is 5. The highest BCUT2D eigenvalue weighted by molar-refractivity contribution is 6.30. The van der Waals surface area contributed by atoms with Gasteiger partial charge in [-0.2, -0.15) is 0 Å². The Kier molecular flexibility index (Phi) is 6.06. The number of carboxylic acid groups (broad SMARTS) is 1. The standard InChI is InChI=1S/C26H23ClFN3O4/c27-17-4-1-16(2-5-17)3-8-24(32)30-11-9-29(10-12-30)23-14-22-19(13-21(23)28)25(33)20(26(34)35)15-31(22)18-6-7-18/h1-5,8,13-15,18H,6-7,9-12H2,(H,34,35)/b8-3+. The lowest BCUT2D eigenvalue weighted by Gasteiger charge is -2.36. The van der Waals surface area contributed by atoms with Crippen LogP contribution in [0.1, 0.15) is 34.8 Å². The second-order valence-corrected chi connectivity index (χ2v) is 9.27. The minimum atomic E-state index is -1.32. The summed E-state index contributed by atoms with van der Waals surface area (Å²) in [5.41, 5.74) is 0.710. The summed E-state index contributed by atoms with van der Waals surface area (Å²) < 4.78 is 16.9. The van der Waals surface area contributed by atoms with E-state index >= 15 is 4.39 Å². The van der Waals surface area contributed by atoms with Gasteiger partial charge in [0, 0.05) is 54.9 Å². The van der Waals surface area contributed by atoms with E-state index in [1.807, 2.05) is 17.0 Å². The third-order valence-electron chi connectivity index (χ3n) is 6.49. The molecule has 7 nitrogen and oxygen atoms in total. The van der Waals surface area contributed by atoms with Gasteiger partial charge in [-0.1, -0.05) is 23.7 Å². The first-order valence-corrected chi connectivity index (χ1v) is 11.8. The van der Waals surface area contributed by atoms with Crippen LogP contribution in [0.4, 0.5) is 10.1 Å². The highest BCUT2D eigenvalue weighted by Crippen LogP contribution is 2.38. The number of halogens is 2. The Morgan fingerprint density at radius 3 is 2.37 bits per heavy atom. The summed E-state index contributed by atoms with van der Waals surface area (Å²) in [5.74, 6) is -2.02. The van der Waals surface area contributed by atoms with Gasteiger partial charge in [-0.15, -0.1) is 0 Å². The molecule has 1 saturated carbocycles. The molecule has 1 aliphatic carbocycles. The van der Waals surface area contributed by atoms with E-state index in [-0.39, 0.29) is 22.9 Å². The van der Waals surface area contributed by atoms with Gasteiger partial charge in [0.25, 0.3) is 0 Å². The first-order chi connectivity index (χ1) is 16.8. The molecule has 1 saturated heterocycles. The fourth-order valence-corrected chi connectivity index (χ4v) is 4.55. The Labute approximate surface area is 205 Å². The summed E-state index contributed by atoms with van der Waals surface area (Å²) in [6.07, 6.45) is 6.39. The normalized spacial score (nSPS) is 16.3. The Hall–Kier alpha value is -3.65. The number of piperazine rings is 1. The molecule has 1 amide bonds. The van der Waals surface area contributed by atoms with Crippen molar-refractivity contribution in [3.05, 3.63) is 80.9 Å². The quantitative estimate of drug-likeness (QED) is 0.537. The zero-order valence-electron chi connectivity index (χ0n) is 18.8. The van der Waals surface area contributed by atoms with E-state index in [4.69, 9.17) is 11.6 Å². The van der Waals surface area contributed by atoms with Gasteiger partial charge < -0.3 is 19.5 Å². The van der Waals surface area contributed by atoms with Crippen LogP contribution in [0.5, 0.6) is 0 Å². The number of carboxylic acids is 1. The summed E-state index contributed by atoms with van der Waals surface area (Å²) in [4.78, 5) is 40.4. The highest BCUT2D eigenvalue weighted by atomic mass is 35.5. The molecule has 9 heteroatoms. The molecule has 180 valence electrons. The van der Waals surface area contributed by atoms with E-state index in [9.17, 15) is 19.5 Å². The zero-order valence-corrected chi connectivity index (χ0v) is 19.5. The predicted molar refractivity (Wildman–Crippen MR) is 133 cm³/mol. The Morgan fingerprint density at radius 1 is 1.06 bits per heavy atom. The summed E-state index contributed by atoms with van der Waals surface area (Å²) in [7, 11) is 0. The van der Waals surface area contributed by atoms with Crippen molar-refractivity contribution in [2.24, 2.45) is 0 Å². The summed E-state index contributed by atoms with van der Waals surface area (Å²) in [6, 6.07) is 10.1. The third kappa shape index (κ3) is 4.66. The maximum absolute atomic E-state index is 15.1. The van der Waals surface area contributed by atoms with Crippen LogP contribution in [-0.4, -0.2) is 52.6 Å².